The van der Waals surface area contributed by atoms with Gasteiger partial charge in [0, 0.05) is 32.2 Å². The number of benzene rings is 1. The minimum absolute atomic E-state index is 0.0395. The van der Waals surface area contributed by atoms with E-state index < -0.39 is 16.0 Å². The summed E-state index contributed by atoms with van der Waals surface area (Å²) in [7, 11) is -3.62. The molecular formula is C15H20N2O4S. The van der Waals surface area contributed by atoms with Crippen LogP contribution in [0.25, 0.3) is 0 Å². The van der Waals surface area contributed by atoms with E-state index >= 15 is 0 Å². The molecular weight excluding hydrogens is 304 g/mol. The Bertz CT molecular complexity index is 689. The molecule has 0 bridgehead atoms. The number of rotatable bonds is 4. The van der Waals surface area contributed by atoms with Gasteiger partial charge in [0.1, 0.15) is 0 Å². The predicted molar refractivity (Wildman–Crippen MR) is 81.5 cm³/mol. The second-order valence-corrected chi connectivity index (χ2v) is 7.89. The van der Waals surface area contributed by atoms with E-state index in [1.807, 2.05) is 0 Å². The van der Waals surface area contributed by atoms with Gasteiger partial charge in [0.25, 0.3) is 0 Å². The highest BCUT2D eigenvalue weighted by Crippen LogP contribution is 2.28. The maximum absolute atomic E-state index is 12.7. The third kappa shape index (κ3) is 2.88. The molecule has 0 atom stereocenters. The number of hydrogen-bond donors (Lipinski definition) is 1. The summed E-state index contributed by atoms with van der Waals surface area (Å²) in [6, 6.07) is 4.95. The molecule has 22 heavy (non-hydrogen) atoms. The van der Waals surface area contributed by atoms with E-state index in [0.717, 1.165) is 13.1 Å². The lowest BCUT2D eigenvalue weighted by Gasteiger charge is -2.34. The third-order valence-electron chi connectivity index (χ3n) is 4.41. The maximum atomic E-state index is 12.7. The summed E-state index contributed by atoms with van der Waals surface area (Å²) >= 11 is 0. The minimum Gasteiger partial charge on any atom is -0.478 e. The topological polar surface area (TPSA) is 77.9 Å². The molecule has 0 radical (unpaired) electrons. The zero-order valence-corrected chi connectivity index (χ0v) is 13.3. The first-order valence-electron chi connectivity index (χ1n) is 7.48. The van der Waals surface area contributed by atoms with Gasteiger partial charge in [-0.05, 0) is 37.5 Å². The van der Waals surface area contributed by atoms with Crippen molar-refractivity contribution in [3.05, 3.63) is 29.3 Å². The van der Waals surface area contributed by atoms with E-state index in [2.05, 4.69) is 4.90 Å². The van der Waals surface area contributed by atoms with Gasteiger partial charge in [-0.3, -0.25) is 4.90 Å². The van der Waals surface area contributed by atoms with Crippen molar-refractivity contribution >= 4 is 16.0 Å². The van der Waals surface area contributed by atoms with Gasteiger partial charge in [0.2, 0.25) is 10.0 Å². The maximum Gasteiger partial charge on any atom is 0.335 e. The number of hydrogen-bond acceptors (Lipinski definition) is 4. The zero-order valence-electron chi connectivity index (χ0n) is 12.5. The van der Waals surface area contributed by atoms with Gasteiger partial charge in [-0.25, -0.2) is 13.2 Å². The number of aryl methyl sites for hydroxylation is 1. The standard InChI is InChI=1S/C15H20N2O4S/c1-11-2-5-13(10-14(11)15(18)19)22(20,21)17-8-6-16(7-9-17)12-3-4-12/h2,5,10,12H,3-4,6-9H2,1H3,(H,18,19). The molecule has 120 valence electrons. The number of sulfonamides is 1. The molecule has 7 heteroatoms. The number of nitrogens with zero attached hydrogens (tertiary/aromatic N) is 2. The fourth-order valence-corrected chi connectivity index (χ4v) is 4.34. The van der Waals surface area contributed by atoms with Crippen LogP contribution < -0.4 is 0 Å². The summed E-state index contributed by atoms with van der Waals surface area (Å²) in [5.41, 5.74) is 0.600. The van der Waals surface area contributed by atoms with Gasteiger partial charge in [-0.2, -0.15) is 4.31 Å². The van der Waals surface area contributed by atoms with Crippen LogP contribution in [0.3, 0.4) is 0 Å². The van der Waals surface area contributed by atoms with Crippen molar-refractivity contribution in [3.8, 4) is 0 Å². The third-order valence-corrected chi connectivity index (χ3v) is 6.31. The fraction of sp³-hybridized carbons (Fsp3) is 0.533. The second-order valence-electron chi connectivity index (χ2n) is 5.95. The van der Waals surface area contributed by atoms with E-state index in [-0.39, 0.29) is 10.5 Å². The normalized spacial score (nSPS) is 21.0. The van der Waals surface area contributed by atoms with Crippen molar-refractivity contribution in [2.75, 3.05) is 26.2 Å². The first-order valence-corrected chi connectivity index (χ1v) is 8.92. The SMILES string of the molecule is Cc1ccc(S(=O)(=O)N2CCN(C3CC3)CC2)cc1C(=O)O. The zero-order chi connectivity index (χ0) is 15.9. The van der Waals surface area contributed by atoms with E-state index in [9.17, 15) is 13.2 Å². The Kier molecular flexibility index (Phi) is 3.96. The van der Waals surface area contributed by atoms with Crippen molar-refractivity contribution in [1.29, 1.82) is 0 Å². The largest absolute Gasteiger partial charge is 0.478 e. The molecule has 1 aromatic carbocycles. The Morgan fingerprint density at radius 1 is 1.18 bits per heavy atom. The molecule has 1 aliphatic heterocycles. The Hall–Kier alpha value is -1.44. The lowest BCUT2D eigenvalue weighted by Crippen LogP contribution is -2.49. The molecule has 6 nitrogen and oxygen atoms in total. The van der Waals surface area contributed by atoms with Gasteiger partial charge < -0.3 is 5.11 Å². The lowest BCUT2D eigenvalue weighted by molar-refractivity contribution is 0.0696. The molecule has 1 aromatic rings. The van der Waals surface area contributed by atoms with Crippen molar-refractivity contribution in [2.45, 2.75) is 30.7 Å². The predicted octanol–water partition coefficient (Wildman–Crippen LogP) is 1.16. The Balaban J connectivity index is 1.81. The van der Waals surface area contributed by atoms with E-state index in [1.165, 1.54) is 29.3 Å². The van der Waals surface area contributed by atoms with Crippen molar-refractivity contribution in [2.24, 2.45) is 0 Å². The average molecular weight is 324 g/mol. The molecule has 1 heterocycles. The number of carbonyl (C=O) groups is 1. The molecule has 1 saturated carbocycles. The Morgan fingerprint density at radius 2 is 1.82 bits per heavy atom. The minimum atomic E-state index is -3.62. The second kappa shape index (κ2) is 5.64. The summed E-state index contributed by atoms with van der Waals surface area (Å²) in [5, 5.41) is 9.15. The monoisotopic (exact) mass is 324 g/mol. The number of carboxylic acid groups (broad SMARTS) is 1. The van der Waals surface area contributed by atoms with Gasteiger partial charge in [-0.15, -0.1) is 0 Å². The molecule has 1 N–H and O–H groups in total. The summed E-state index contributed by atoms with van der Waals surface area (Å²) in [5.74, 6) is -1.10. The number of aromatic carboxylic acids is 1. The van der Waals surface area contributed by atoms with Gasteiger partial charge in [0.15, 0.2) is 0 Å². The number of carboxylic acids is 1. The quantitative estimate of drug-likeness (QED) is 0.899. The van der Waals surface area contributed by atoms with Gasteiger partial charge in [-0.1, -0.05) is 6.07 Å². The molecule has 2 aliphatic rings. The highest BCUT2D eigenvalue weighted by atomic mass is 32.2. The van der Waals surface area contributed by atoms with E-state index in [1.54, 1.807) is 13.0 Å². The van der Waals surface area contributed by atoms with Crippen molar-refractivity contribution in [3.63, 3.8) is 0 Å². The lowest BCUT2D eigenvalue weighted by atomic mass is 10.1. The summed E-state index contributed by atoms with van der Waals surface area (Å²) < 4.78 is 26.8. The average Bonchev–Trinajstić information content (AvgIpc) is 3.32. The molecule has 0 aromatic heterocycles. The molecule has 0 unspecified atom stereocenters. The van der Waals surface area contributed by atoms with Crippen molar-refractivity contribution < 1.29 is 18.3 Å². The first kappa shape index (κ1) is 15.5. The highest BCUT2D eigenvalue weighted by Gasteiger charge is 2.35. The van der Waals surface area contributed by atoms with Crippen LogP contribution >= 0.6 is 0 Å². The van der Waals surface area contributed by atoms with Crippen LogP contribution in [-0.4, -0.2) is 60.9 Å². The van der Waals surface area contributed by atoms with Crippen LogP contribution in [0.15, 0.2) is 23.1 Å². The molecule has 1 saturated heterocycles. The summed E-state index contributed by atoms with van der Waals surface area (Å²) in [4.78, 5) is 13.6. The molecule has 3 rings (SSSR count). The van der Waals surface area contributed by atoms with Gasteiger partial charge in [0.05, 0.1) is 10.5 Å². The summed E-state index contributed by atoms with van der Waals surface area (Å²) in [6.07, 6.45) is 2.43. The molecule has 0 spiro atoms. The Labute approximate surface area is 130 Å². The van der Waals surface area contributed by atoms with Crippen LogP contribution in [0.4, 0.5) is 0 Å². The first-order chi connectivity index (χ1) is 10.4. The smallest absolute Gasteiger partial charge is 0.335 e. The fourth-order valence-electron chi connectivity index (χ4n) is 2.89. The summed E-state index contributed by atoms with van der Waals surface area (Å²) in [6.45, 7) is 4.10. The van der Waals surface area contributed by atoms with Crippen LogP contribution in [-0.2, 0) is 10.0 Å². The van der Waals surface area contributed by atoms with E-state index in [0.29, 0.717) is 24.7 Å². The molecule has 0 amide bonds. The van der Waals surface area contributed by atoms with Crippen LogP contribution in [0.2, 0.25) is 0 Å². The highest BCUT2D eigenvalue weighted by molar-refractivity contribution is 7.89. The van der Waals surface area contributed by atoms with Crippen LogP contribution in [0.1, 0.15) is 28.8 Å². The number of piperazine rings is 1. The molecule has 1 aliphatic carbocycles. The molecule has 2 fully saturated rings. The van der Waals surface area contributed by atoms with Crippen LogP contribution in [0.5, 0.6) is 0 Å². The van der Waals surface area contributed by atoms with E-state index in [4.69, 9.17) is 5.11 Å². The van der Waals surface area contributed by atoms with Crippen molar-refractivity contribution in [1.82, 2.24) is 9.21 Å². The Morgan fingerprint density at radius 3 is 2.36 bits per heavy atom. The van der Waals surface area contributed by atoms with Crippen LogP contribution in [0, 0.1) is 6.92 Å². The van der Waals surface area contributed by atoms with Gasteiger partial charge >= 0.3 is 5.97 Å².